The SMILES string of the molecule is O=[N+]([O-])c1ccc2cnn(C[NH+]3CCN(c4cccc(Cl)c4)CC3)c2c1. The number of nitro benzene ring substituents is 1. The summed E-state index contributed by atoms with van der Waals surface area (Å²) in [5, 5.41) is 17.1. The normalized spacial score (nSPS) is 15.5. The Morgan fingerprint density at radius 2 is 2.00 bits per heavy atom. The lowest BCUT2D eigenvalue weighted by molar-refractivity contribution is -0.923. The summed E-state index contributed by atoms with van der Waals surface area (Å²) in [5.74, 6) is 0. The van der Waals surface area contributed by atoms with E-state index in [-0.39, 0.29) is 10.6 Å². The molecule has 0 spiro atoms. The van der Waals surface area contributed by atoms with Crippen LogP contribution in [0.5, 0.6) is 0 Å². The molecule has 1 saturated heterocycles. The number of anilines is 1. The van der Waals surface area contributed by atoms with Crippen molar-refractivity contribution in [1.29, 1.82) is 0 Å². The molecule has 1 N–H and O–H groups in total. The standard InChI is InChI=1S/C18H18ClN5O2/c19-15-2-1-3-16(10-15)22-8-6-21(7-9-22)13-23-18-11-17(24(25)26)5-4-14(18)12-20-23/h1-5,10-12H,6-9,13H2/p+1. The molecule has 7 nitrogen and oxygen atoms in total. The minimum absolute atomic E-state index is 0.0972. The van der Waals surface area contributed by atoms with Crippen LogP contribution in [0.1, 0.15) is 0 Å². The molecule has 8 heteroatoms. The first-order valence-electron chi connectivity index (χ1n) is 8.54. The van der Waals surface area contributed by atoms with Gasteiger partial charge in [0.2, 0.25) is 0 Å². The summed E-state index contributed by atoms with van der Waals surface area (Å²) in [6.07, 6.45) is 1.76. The van der Waals surface area contributed by atoms with E-state index in [0.29, 0.717) is 6.67 Å². The van der Waals surface area contributed by atoms with Crippen molar-refractivity contribution < 1.29 is 9.82 Å². The third-order valence-electron chi connectivity index (χ3n) is 4.86. The van der Waals surface area contributed by atoms with E-state index >= 15 is 0 Å². The van der Waals surface area contributed by atoms with Gasteiger partial charge in [-0.2, -0.15) is 5.10 Å². The second-order valence-electron chi connectivity index (χ2n) is 6.52. The Kier molecular flexibility index (Phi) is 4.48. The molecule has 0 radical (unpaired) electrons. The molecule has 1 aliphatic heterocycles. The molecule has 0 saturated carbocycles. The van der Waals surface area contributed by atoms with E-state index < -0.39 is 0 Å². The number of hydrogen-bond donors (Lipinski definition) is 1. The summed E-state index contributed by atoms with van der Waals surface area (Å²) in [6.45, 7) is 4.53. The predicted octanol–water partition coefficient (Wildman–Crippen LogP) is 1.96. The number of hydrogen-bond acceptors (Lipinski definition) is 4. The molecule has 1 fully saturated rings. The first kappa shape index (κ1) is 16.8. The fourth-order valence-electron chi connectivity index (χ4n) is 3.42. The second-order valence-corrected chi connectivity index (χ2v) is 6.96. The Morgan fingerprint density at radius 3 is 2.73 bits per heavy atom. The number of rotatable bonds is 4. The maximum atomic E-state index is 11.0. The average Bonchev–Trinajstić information content (AvgIpc) is 3.04. The molecular weight excluding hydrogens is 354 g/mol. The first-order chi connectivity index (χ1) is 12.6. The Bertz CT molecular complexity index is 950. The van der Waals surface area contributed by atoms with Gasteiger partial charge in [-0.15, -0.1) is 0 Å². The summed E-state index contributed by atoms with van der Waals surface area (Å²) in [4.78, 5) is 14.4. The third kappa shape index (κ3) is 3.36. The van der Waals surface area contributed by atoms with Gasteiger partial charge < -0.3 is 9.80 Å². The lowest BCUT2D eigenvalue weighted by atomic mass is 10.2. The fraction of sp³-hybridized carbons (Fsp3) is 0.278. The molecule has 0 aliphatic carbocycles. The predicted molar refractivity (Wildman–Crippen MR) is 101 cm³/mol. The quantitative estimate of drug-likeness (QED) is 0.561. The maximum absolute atomic E-state index is 11.0. The van der Waals surface area contributed by atoms with E-state index in [1.54, 1.807) is 18.3 Å². The van der Waals surface area contributed by atoms with Gasteiger partial charge in [0.15, 0.2) is 6.67 Å². The van der Waals surface area contributed by atoms with Gasteiger partial charge in [0, 0.05) is 28.2 Å². The van der Waals surface area contributed by atoms with Crippen molar-refractivity contribution in [2.24, 2.45) is 0 Å². The van der Waals surface area contributed by atoms with Gasteiger partial charge in [0.1, 0.15) is 0 Å². The molecule has 0 atom stereocenters. The van der Waals surface area contributed by atoms with E-state index in [9.17, 15) is 10.1 Å². The van der Waals surface area contributed by atoms with Crippen molar-refractivity contribution in [3.8, 4) is 0 Å². The Labute approximate surface area is 155 Å². The number of quaternary nitrogens is 1. The minimum Gasteiger partial charge on any atom is -0.360 e. The number of non-ortho nitro benzene ring substituents is 1. The molecule has 134 valence electrons. The largest absolute Gasteiger partial charge is 0.360 e. The molecule has 3 aromatic rings. The van der Waals surface area contributed by atoms with Crippen LogP contribution in [0.15, 0.2) is 48.7 Å². The molecule has 1 aromatic heterocycles. The highest BCUT2D eigenvalue weighted by Crippen LogP contribution is 2.21. The zero-order valence-electron chi connectivity index (χ0n) is 14.1. The number of nitrogens with zero attached hydrogens (tertiary/aromatic N) is 4. The van der Waals surface area contributed by atoms with Crippen molar-refractivity contribution in [2.75, 3.05) is 31.1 Å². The van der Waals surface area contributed by atoms with E-state index in [1.807, 2.05) is 22.9 Å². The van der Waals surface area contributed by atoms with Crippen LogP contribution in [0.2, 0.25) is 5.02 Å². The number of piperazine rings is 1. The first-order valence-corrected chi connectivity index (χ1v) is 8.92. The monoisotopic (exact) mass is 372 g/mol. The van der Waals surface area contributed by atoms with Crippen molar-refractivity contribution in [3.63, 3.8) is 0 Å². The lowest BCUT2D eigenvalue weighted by Crippen LogP contribution is -3.14. The van der Waals surface area contributed by atoms with Crippen LogP contribution >= 0.6 is 11.6 Å². The van der Waals surface area contributed by atoms with Crippen LogP contribution in [0.3, 0.4) is 0 Å². The lowest BCUT2D eigenvalue weighted by Gasteiger charge is -2.33. The summed E-state index contributed by atoms with van der Waals surface area (Å²) in [6, 6.07) is 12.8. The smallest absolute Gasteiger partial charge is 0.271 e. The number of nitro groups is 1. The van der Waals surface area contributed by atoms with Gasteiger partial charge >= 0.3 is 0 Å². The highest BCUT2D eigenvalue weighted by atomic mass is 35.5. The molecular formula is C18H19ClN5O2+. The zero-order valence-corrected chi connectivity index (χ0v) is 14.9. The van der Waals surface area contributed by atoms with Gasteiger partial charge in [0.25, 0.3) is 5.69 Å². The number of halogens is 1. The molecule has 1 aliphatic rings. The summed E-state index contributed by atoms with van der Waals surface area (Å²) < 4.78 is 1.87. The van der Waals surface area contributed by atoms with Gasteiger partial charge in [0.05, 0.1) is 42.8 Å². The minimum atomic E-state index is -0.368. The van der Waals surface area contributed by atoms with Crippen molar-refractivity contribution >= 4 is 33.9 Å². The number of benzene rings is 2. The molecule has 0 amide bonds. The van der Waals surface area contributed by atoms with Gasteiger partial charge in [-0.25, -0.2) is 4.68 Å². The summed E-state index contributed by atoms with van der Waals surface area (Å²) >= 11 is 6.09. The van der Waals surface area contributed by atoms with Crippen molar-refractivity contribution in [1.82, 2.24) is 9.78 Å². The van der Waals surface area contributed by atoms with Crippen molar-refractivity contribution in [3.05, 3.63) is 63.8 Å². The number of fused-ring (bicyclic) bond motifs is 1. The van der Waals surface area contributed by atoms with Gasteiger partial charge in [-0.3, -0.25) is 10.1 Å². The highest BCUT2D eigenvalue weighted by molar-refractivity contribution is 6.30. The average molecular weight is 373 g/mol. The molecule has 0 bridgehead atoms. The van der Waals surface area contributed by atoms with Crippen LogP contribution in [0, 0.1) is 10.1 Å². The zero-order chi connectivity index (χ0) is 18.1. The van der Waals surface area contributed by atoms with Crippen LogP contribution in [0.25, 0.3) is 10.9 Å². The summed E-state index contributed by atoms with van der Waals surface area (Å²) in [7, 11) is 0. The fourth-order valence-corrected chi connectivity index (χ4v) is 3.61. The third-order valence-corrected chi connectivity index (χ3v) is 5.09. The van der Waals surface area contributed by atoms with E-state index in [1.165, 1.54) is 11.0 Å². The second kappa shape index (κ2) is 6.93. The topological polar surface area (TPSA) is 68.6 Å². The van der Waals surface area contributed by atoms with Crippen LogP contribution in [-0.2, 0) is 6.67 Å². The number of nitrogens with one attached hydrogen (secondary N) is 1. The molecule has 4 rings (SSSR count). The Balaban J connectivity index is 1.45. The van der Waals surface area contributed by atoms with E-state index in [4.69, 9.17) is 11.6 Å². The van der Waals surface area contributed by atoms with Crippen LogP contribution in [-0.4, -0.2) is 40.9 Å². The maximum Gasteiger partial charge on any atom is 0.271 e. The summed E-state index contributed by atoms with van der Waals surface area (Å²) in [5.41, 5.74) is 2.06. The van der Waals surface area contributed by atoms with Crippen molar-refractivity contribution in [2.45, 2.75) is 6.67 Å². The number of aromatic nitrogens is 2. The Hall–Kier alpha value is -2.64. The Morgan fingerprint density at radius 1 is 1.19 bits per heavy atom. The van der Waals surface area contributed by atoms with E-state index in [0.717, 1.165) is 47.8 Å². The van der Waals surface area contributed by atoms with Gasteiger partial charge in [-0.1, -0.05) is 17.7 Å². The molecule has 2 heterocycles. The molecule has 2 aromatic carbocycles. The van der Waals surface area contributed by atoms with Gasteiger partial charge in [-0.05, 0) is 24.3 Å². The van der Waals surface area contributed by atoms with Crippen LogP contribution < -0.4 is 9.80 Å². The molecule has 26 heavy (non-hydrogen) atoms. The molecule has 0 unspecified atom stereocenters. The van der Waals surface area contributed by atoms with Crippen LogP contribution in [0.4, 0.5) is 11.4 Å². The highest BCUT2D eigenvalue weighted by Gasteiger charge is 2.21. The van der Waals surface area contributed by atoms with E-state index in [2.05, 4.69) is 16.1 Å².